The van der Waals surface area contributed by atoms with Crippen molar-refractivity contribution in [2.75, 3.05) is 0 Å². The van der Waals surface area contributed by atoms with Crippen LogP contribution >= 0.6 is 11.3 Å². The molecule has 0 fully saturated rings. The number of sulfonamides is 1. The van der Waals surface area contributed by atoms with Gasteiger partial charge in [0.2, 0.25) is 15.9 Å². The van der Waals surface area contributed by atoms with Gasteiger partial charge in [-0.3, -0.25) is 13.9 Å². The first-order valence-electron chi connectivity index (χ1n) is 7.87. The van der Waals surface area contributed by atoms with E-state index in [1.165, 1.54) is 10.6 Å². The van der Waals surface area contributed by atoms with Gasteiger partial charge in [0.15, 0.2) is 0 Å². The van der Waals surface area contributed by atoms with Gasteiger partial charge in [0.25, 0.3) is 0 Å². The van der Waals surface area contributed by atoms with E-state index in [4.69, 9.17) is 5.14 Å². The number of aryl methyl sites for hydroxylation is 1. The number of thiophene rings is 1. The maximum atomic E-state index is 12.5. The molecule has 1 amide bonds. The van der Waals surface area contributed by atoms with E-state index >= 15 is 0 Å². The molecule has 0 saturated carbocycles. The second-order valence-corrected chi connectivity index (χ2v) is 8.60. The lowest BCUT2D eigenvalue weighted by Gasteiger charge is -2.05. The number of amides is 1. The van der Waals surface area contributed by atoms with E-state index < -0.39 is 10.0 Å². The lowest BCUT2D eigenvalue weighted by molar-refractivity contribution is -0.121. The maximum Gasteiger partial charge on any atom is 0.329 e. The summed E-state index contributed by atoms with van der Waals surface area (Å²) >= 11 is 1.00. The van der Waals surface area contributed by atoms with Crippen LogP contribution in [0.5, 0.6) is 0 Å². The molecule has 3 aromatic rings. The molecule has 26 heavy (non-hydrogen) atoms. The van der Waals surface area contributed by atoms with E-state index in [-0.39, 0.29) is 28.9 Å². The molecule has 3 N–H and O–H groups in total. The molecule has 0 unspecified atom stereocenters. The van der Waals surface area contributed by atoms with E-state index in [0.29, 0.717) is 16.9 Å². The van der Waals surface area contributed by atoms with Crippen LogP contribution in [0.25, 0.3) is 11.0 Å². The van der Waals surface area contributed by atoms with Crippen LogP contribution in [0, 0.1) is 0 Å². The van der Waals surface area contributed by atoms with Gasteiger partial charge < -0.3 is 5.32 Å². The Morgan fingerprint density at radius 3 is 2.38 bits per heavy atom. The van der Waals surface area contributed by atoms with Crippen LogP contribution in [-0.2, 0) is 34.5 Å². The van der Waals surface area contributed by atoms with Gasteiger partial charge in [-0.05, 0) is 31.2 Å². The molecular weight excluding hydrogens is 376 g/mol. The van der Waals surface area contributed by atoms with Crippen LogP contribution in [0.3, 0.4) is 0 Å². The fourth-order valence-corrected chi connectivity index (χ4v) is 4.44. The molecule has 2 aromatic heterocycles. The van der Waals surface area contributed by atoms with Crippen molar-refractivity contribution in [3.05, 3.63) is 51.8 Å². The number of nitrogens with one attached hydrogen (secondary N) is 1. The fourth-order valence-electron chi connectivity index (χ4n) is 2.72. The van der Waals surface area contributed by atoms with Crippen LogP contribution in [0.2, 0.25) is 0 Å². The van der Waals surface area contributed by atoms with Gasteiger partial charge in [-0.1, -0.05) is 12.1 Å². The molecule has 0 radical (unpaired) electrons. The molecule has 3 rings (SSSR count). The molecule has 0 aliphatic rings. The summed E-state index contributed by atoms with van der Waals surface area (Å²) in [6.45, 7) is 2.44. The molecule has 138 valence electrons. The molecule has 0 aliphatic heterocycles. The SMILES string of the molecule is CCn1c(=O)n(CC(=O)NCc2ccc(S(N)(=O)=O)s2)c2ccccc21. The molecule has 0 bridgehead atoms. The number of fused-ring (bicyclic) bond motifs is 1. The van der Waals surface area contributed by atoms with Gasteiger partial charge in [0.05, 0.1) is 17.6 Å². The third kappa shape index (κ3) is 3.57. The summed E-state index contributed by atoms with van der Waals surface area (Å²) in [6, 6.07) is 10.3. The van der Waals surface area contributed by atoms with E-state index in [9.17, 15) is 18.0 Å². The molecule has 0 saturated heterocycles. The Hall–Kier alpha value is -2.43. The minimum atomic E-state index is -3.74. The van der Waals surface area contributed by atoms with Crippen LogP contribution in [0.4, 0.5) is 0 Å². The maximum absolute atomic E-state index is 12.5. The fraction of sp³-hybridized carbons (Fsp3) is 0.250. The van der Waals surface area contributed by atoms with Crippen LogP contribution in [-0.4, -0.2) is 23.5 Å². The number of nitrogens with two attached hydrogens (primary N) is 1. The zero-order chi connectivity index (χ0) is 18.9. The zero-order valence-electron chi connectivity index (χ0n) is 14.0. The minimum absolute atomic E-state index is 0.0454. The smallest absolute Gasteiger partial charge is 0.329 e. The third-order valence-corrected chi connectivity index (χ3v) is 6.44. The Balaban J connectivity index is 1.75. The number of hydrogen-bond donors (Lipinski definition) is 2. The predicted octanol–water partition coefficient (Wildman–Crippen LogP) is 0.848. The summed E-state index contributed by atoms with van der Waals surface area (Å²) in [5.74, 6) is -0.336. The molecule has 8 nitrogen and oxygen atoms in total. The van der Waals surface area contributed by atoms with Crippen LogP contribution in [0.15, 0.2) is 45.4 Å². The third-order valence-electron chi connectivity index (χ3n) is 3.92. The highest BCUT2D eigenvalue weighted by Crippen LogP contribution is 2.20. The lowest BCUT2D eigenvalue weighted by atomic mass is 10.3. The van der Waals surface area contributed by atoms with E-state index in [2.05, 4.69) is 5.32 Å². The van der Waals surface area contributed by atoms with E-state index in [1.807, 2.05) is 25.1 Å². The topological polar surface area (TPSA) is 116 Å². The number of imidazole rings is 1. The normalized spacial score (nSPS) is 11.8. The van der Waals surface area contributed by atoms with Crippen molar-refractivity contribution in [1.29, 1.82) is 0 Å². The Kier molecular flexibility index (Phi) is 4.99. The summed E-state index contributed by atoms with van der Waals surface area (Å²) in [7, 11) is -3.74. The van der Waals surface area contributed by atoms with Gasteiger partial charge in [0.1, 0.15) is 10.8 Å². The van der Waals surface area contributed by atoms with Crippen LogP contribution < -0.4 is 16.1 Å². The Labute approximate surface area is 153 Å². The molecule has 1 aromatic carbocycles. The first-order chi connectivity index (χ1) is 12.3. The number of nitrogens with zero attached hydrogens (tertiary/aromatic N) is 2. The molecular formula is C16H18N4O4S2. The van der Waals surface area contributed by atoms with Crippen molar-refractivity contribution in [2.45, 2.75) is 30.8 Å². The number of rotatable bonds is 6. The Bertz CT molecular complexity index is 1120. The highest BCUT2D eigenvalue weighted by Gasteiger charge is 2.15. The van der Waals surface area contributed by atoms with Gasteiger partial charge in [-0.2, -0.15) is 0 Å². The van der Waals surface area contributed by atoms with Gasteiger partial charge >= 0.3 is 5.69 Å². The summed E-state index contributed by atoms with van der Waals surface area (Å²) < 4.78 is 25.6. The van der Waals surface area contributed by atoms with Crippen molar-refractivity contribution in [1.82, 2.24) is 14.5 Å². The highest BCUT2D eigenvalue weighted by molar-refractivity contribution is 7.91. The Morgan fingerprint density at radius 2 is 1.81 bits per heavy atom. The number of aromatic nitrogens is 2. The van der Waals surface area contributed by atoms with Crippen molar-refractivity contribution in [3.8, 4) is 0 Å². The molecule has 0 aliphatic carbocycles. The largest absolute Gasteiger partial charge is 0.350 e. The number of hydrogen-bond acceptors (Lipinski definition) is 5. The average Bonchev–Trinajstić information content (AvgIpc) is 3.17. The lowest BCUT2D eigenvalue weighted by Crippen LogP contribution is -2.32. The zero-order valence-corrected chi connectivity index (χ0v) is 15.6. The van der Waals surface area contributed by atoms with Crippen molar-refractivity contribution >= 4 is 38.3 Å². The van der Waals surface area contributed by atoms with Gasteiger partial charge in [0, 0.05) is 11.4 Å². The number of carbonyl (C=O) groups excluding carboxylic acids is 1. The molecule has 0 spiro atoms. The summed E-state index contributed by atoms with van der Waals surface area (Å²) in [6.07, 6.45) is 0. The van der Waals surface area contributed by atoms with Crippen molar-refractivity contribution in [3.63, 3.8) is 0 Å². The van der Waals surface area contributed by atoms with E-state index in [0.717, 1.165) is 16.9 Å². The molecule has 0 atom stereocenters. The molecule has 10 heteroatoms. The van der Waals surface area contributed by atoms with Gasteiger partial charge in [-0.15, -0.1) is 11.3 Å². The monoisotopic (exact) mass is 394 g/mol. The highest BCUT2D eigenvalue weighted by atomic mass is 32.2. The summed E-state index contributed by atoms with van der Waals surface area (Å²) in [5.41, 5.74) is 1.24. The number of carbonyl (C=O) groups is 1. The summed E-state index contributed by atoms with van der Waals surface area (Å²) in [5, 5.41) is 7.77. The minimum Gasteiger partial charge on any atom is -0.350 e. The first kappa shape index (κ1) is 18.4. The average molecular weight is 394 g/mol. The first-order valence-corrected chi connectivity index (χ1v) is 10.2. The standard InChI is InChI=1S/C16H18N4O4S2/c1-2-19-12-5-3-4-6-13(12)20(16(19)22)10-14(21)18-9-11-7-8-15(25-11)26(17,23)24/h3-8H,2,9-10H2,1H3,(H,18,21)(H2,17,23,24). The van der Waals surface area contributed by atoms with E-state index in [1.54, 1.807) is 16.7 Å². The molecule has 2 heterocycles. The predicted molar refractivity (Wildman–Crippen MR) is 99.4 cm³/mol. The quantitative estimate of drug-likeness (QED) is 0.644. The number of benzene rings is 1. The van der Waals surface area contributed by atoms with Crippen molar-refractivity contribution < 1.29 is 13.2 Å². The summed E-state index contributed by atoms with van der Waals surface area (Å²) in [4.78, 5) is 25.4. The van der Waals surface area contributed by atoms with Gasteiger partial charge in [-0.25, -0.2) is 18.4 Å². The number of primary sulfonamides is 1. The second kappa shape index (κ2) is 7.06. The Morgan fingerprint density at radius 1 is 1.15 bits per heavy atom. The number of para-hydroxylation sites is 2. The van der Waals surface area contributed by atoms with Crippen LogP contribution in [0.1, 0.15) is 11.8 Å². The second-order valence-electron chi connectivity index (χ2n) is 5.64. The van der Waals surface area contributed by atoms with Crippen molar-refractivity contribution in [2.24, 2.45) is 5.14 Å².